The molecule has 0 radical (unpaired) electrons. The Balaban J connectivity index is 1.27. The van der Waals surface area contributed by atoms with E-state index in [2.05, 4.69) is 20.6 Å². The number of carbonyl (C=O) groups excluding carboxylic acids is 3. The van der Waals surface area contributed by atoms with E-state index < -0.39 is 11.9 Å². The first-order valence-electron chi connectivity index (χ1n) is 12.6. The lowest BCUT2D eigenvalue weighted by Gasteiger charge is -2.20. The monoisotopic (exact) mass is 549 g/mol. The average Bonchev–Trinajstić information content (AvgIpc) is 3.49. The van der Waals surface area contributed by atoms with E-state index in [4.69, 9.17) is 16.3 Å². The highest BCUT2D eigenvalue weighted by Gasteiger charge is 2.30. The first-order chi connectivity index (χ1) is 18.8. The second kappa shape index (κ2) is 11.4. The summed E-state index contributed by atoms with van der Waals surface area (Å²) in [6, 6.07) is 11.8. The first-order valence-corrected chi connectivity index (χ1v) is 13.0. The van der Waals surface area contributed by atoms with Crippen LogP contribution in [0.4, 0.5) is 5.95 Å². The number of amides is 2. The van der Waals surface area contributed by atoms with Crippen molar-refractivity contribution in [3.05, 3.63) is 70.4 Å². The van der Waals surface area contributed by atoms with Gasteiger partial charge < -0.3 is 25.4 Å². The normalized spacial score (nSPS) is 17.2. The summed E-state index contributed by atoms with van der Waals surface area (Å²) in [5.41, 5.74) is 3.06. The van der Waals surface area contributed by atoms with Gasteiger partial charge in [0.2, 0.25) is 11.9 Å². The van der Waals surface area contributed by atoms with Gasteiger partial charge >= 0.3 is 0 Å². The van der Waals surface area contributed by atoms with Gasteiger partial charge in [0.05, 0.1) is 36.7 Å². The summed E-state index contributed by atoms with van der Waals surface area (Å²) >= 11 is 6.40. The Morgan fingerprint density at radius 2 is 2.10 bits per heavy atom. The Hall–Kier alpha value is -4.02. The van der Waals surface area contributed by atoms with E-state index in [1.54, 1.807) is 37.4 Å². The fraction of sp³-hybridized carbons (Fsp3) is 0.321. The zero-order chi connectivity index (χ0) is 27.5. The molecule has 2 heterocycles. The van der Waals surface area contributed by atoms with Crippen molar-refractivity contribution in [1.82, 2.24) is 20.2 Å². The Kier molecular flexibility index (Phi) is 7.76. The van der Waals surface area contributed by atoms with Crippen molar-refractivity contribution in [1.29, 1.82) is 0 Å². The number of ketones is 1. The van der Waals surface area contributed by atoms with Crippen molar-refractivity contribution in [2.75, 3.05) is 25.6 Å². The Morgan fingerprint density at radius 1 is 1.26 bits per heavy atom. The third-order valence-corrected chi connectivity index (χ3v) is 7.21. The maximum Gasteiger partial charge on any atom is 0.254 e. The average molecular weight is 550 g/mol. The van der Waals surface area contributed by atoms with Gasteiger partial charge in [-0.05, 0) is 35.7 Å². The number of ether oxygens (including phenoxy) is 1. The van der Waals surface area contributed by atoms with Gasteiger partial charge in [-0.15, -0.1) is 0 Å². The summed E-state index contributed by atoms with van der Waals surface area (Å²) < 4.78 is 5.22. The molecular weight excluding hydrogens is 522 g/mol. The quantitative estimate of drug-likeness (QED) is 0.371. The molecule has 0 saturated heterocycles. The van der Waals surface area contributed by atoms with E-state index in [0.717, 1.165) is 12.0 Å². The number of anilines is 1. The Morgan fingerprint density at radius 3 is 2.85 bits per heavy atom. The van der Waals surface area contributed by atoms with Crippen LogP contribution in [-0.2, 0) is 16.1 Å². The number of Topliss-reactive ketones (excluding diaryl/α,β-unsaturated/α-hetero) is 1. The number of carbonyl (C=O) groups is 3. The molecule has 3 N–H and O–H groups in total. The van der Waals surface area contributed by atoms with E-state index in [1.807, 2.05) is 12.1 Å². The molecule has 1 aliphatic carbocycles. The summed E-state index contributed by atoms with van der Waals surface area (Å²) in [5.74, 6) is 0.523. The molecule has 1 saturated carbocycles. The molecule has 11 heteroatoms. The van der Waals surface area contributed by atoms with Crippen LogP contribution in [0.3, 0.4) is 0 Å². The zero-order valence-corrected chi connectivity index (χ0v) is 22.1. The molecule has 3 aromatic rings. The van der Waals surface area contributed by atoms with E-state index in [0.29, 0.717) is 51.9 Å². The molecule has 2 amide bonds. The molecule has 0 spiro atoms. The summed E-state index contributed by atoms with van der Waals surface area (Å²) in [5, 5.41) is 16.2. The molecular formula is C28H28ClN5O5. The number of aliphatic hydroxyl groups excluding tert-OH is 1. The lowest BCUT2D eigenvalue weighted by molar-refractivity contribution is -0.123. The number of nitrogens with one attached hydrogen (secondary N) is 2. The summed E-state index contributed by atoms with van der Waals surface area (Å²) in [6.45, 7) is -0.180. The van der Waals surface area contributed by atoms with Crippen LogP contribution in [0, 0.1) is 0 Å². The number of fused-ring (bicyclic) bond motifs is 1. The Labute approximate surface area is 230 Å². The molecule has 0 bridgehead atoms. The predicted octanol–water partition coefficient (Wildman–Crippen LogP) is 3.14. The standard InChI is InChI=1S/C28H28ClN5O5/c1-39-21-4-2-3-16(9-21)24(15-35)32-25(37)14-34-13-18-6-5-17(10-22(18)27(34)38)26-23(29)12-30-28(33-26)31-19-7-8-20(36)11-19/h2-6,9-10,12,19,24,35H,7-8,11,13-15H2,1H3,(H,32,37)(H,30,31,33). The number of methoxy groups -OCH3 is 1. The van der Waals surface area contributed by atoms with Crippen molar-refractivity contribution in [2.24, 2.45) is 0 Å². The van der Waals surface area contributed by atoms with E-state index in [1.165, 1.54) is 11.1 Å². The lowest BCUT2D eigenvalue weighted by atomic mass is 10.0. The number of nitrogens with zero attached hydrogens (tertiary/aromatic N) is 3. The lowest BCUT2D eigenvalue weighted by Crippen LogP contribution is -2.40. The van der Waals surface area contributed by atoms with Crippen molar-refractivity contribution in [3.8, 4) is 17.0 Å². The van der Waals surface area contributed by atoms with Crippen molar-refractivity contribution in [2.45, 2.75) is 37.9 Å². The minimum absolute atomic E-state index is 0.0119. The van der Waals surface area contributed by atoms with Gasteiger partial charge in [-0.2, -0.15) is 0 Å². The number of hydrogen-bond donors (Lipinski definition) is 3. The minimum atomic E-state index is -0.635. The number of aromatic nitrogens is 2. The van der Waals surface area contributed by atoms with Crippen LogP contribution in [-0.4, -0.2) is 63.9 Å². The highest BCUT2D eigenvalue weighted by Crippen LogP contribution is 2.32. The number of benzene rings is 2. The summed E-state index contributed by atoms with van der Waals surface area (Å²) in [7, 11) is 1.54. The van der Waals surface area contributed by atoms with Crippen molar-refractivity contribution in [3.63, 3.8) is 0 Å². The number of rotatable bonds is 9. The number of hydrogen-bond acceptors (Lipinski definition) is 8. The minimum Gasteiger partial charge on any atom is -0.497 e. The molecule has 2 aliphatic rings. The highest BCUT2D eigenvalue weighted by atomic mass is 35.5. The molecule has 1 aromatic heterocycles. The van der Waals surface area contributed by atoms with Gasteiger partial charge in [0.1, 0.15) is 18.1 Å². The maximum absolute atomic E-state index is 13.2. The summed E-state index contributed by atoms with van der Waals surface area (Å²) in [4.78, 5) is 47.9. The molecule has 202 valence electrons. The first kappa shape index (κ1) is 26.6. The molecule has 5 rings (SSSR count). The molecule has 2 unspecified atom stereocenters. The third kappa shape index (κ3) is 5.86. The van der Waals surface area contributed by atoms with Crippen LogP contribution >= 0.6 is 11.6 Å². The second-order valence-electron chi connectivity index (χ2n) is 9.63. The molecule has 1 aliphatic heterocycles. The van der Waals surface area contributed by atoms with Crippen molar-refractivity contribution >= 4 is 35.1 Å². The van der Waals surface area contributed by atoms with Crippen LogP contribution in [0.5, 0.6) is 5.75 Å². The SMILES string of the molecule is COc1cccc(C(CO)NC(=O)CN2Cc3ccc(-c4nc(NC5CCC(=O)C5)ncc4Cl)cc3C2=O)c1. The van der Waals surface area contributed by atoms with Gasteiger partial charge in [0, 0.05) is 36.6 Å². The van der Waals surface area contributed by atoms with E-state index >= 15 is 0 Å². The highest BCUT2D eigenvalue weighted by molar-refractivity contribution is 6.33. The second-order valence-corrected chi connectivity index (χ2v) is 10.0. The number of aliphatic hydroxyl groups is 1. The van der Waals surface area contributed by atoms with Gasteiger partial charge in [0.15, 0.2) is 0 Å². The van der Waals surface area contributed by atoms with E-state index in [-0.39, 0.29) is 37.4 Å². The van der Waals surface area contributed by atoms with Gasteiger partial charge in [0.25, 0.3) is 5.91 Å². The van der Waals surface area contributed by atoms with Crippen LogP contribution in [0.2, 0.25) is 5.02 Å². The largest absolute Gasteiger partial charge is 0.497 e. The van der Waals surface area contributed by atoms with Gasteiger partial charge in [-0.3, -0.25) is 14.4 Å². The molecule has 2 aromatic carbocycles. The molecule has 39 heavy (non-hydrogen) atoms. The van der Waals surface area contributed by atoms with E-state index in [9.17, 15) is 19.5 Å². The molecule has 1 fully saturated rings. The van der Waals surface area contributed by atoms with Gasteiger partial charge in [-0.1, -0.05) is 35.9 Å². The van der Waals surface area contributed by atoms with Gasteiger partial charge in [-0.25, -0.2) is 9.97 Å². The fourth-order valence-corrected chi connectivity index (χ4v) is 5.10. The zero-order valence-electron chi connectivity index (χ0n) is 21.3. The fourth-order valence-electron chi connectivity index (χ4n) is 4.90. The summed E-state index contributed by atoms with van der Waals surface area (Å²) in [6.07, 6.45) is 3.21. The third-order valence-electron chi connectivity index (χ3n) is 6.93. The van der Waals surface area contributed by atoms with Crippen molar-refractivity contribution < 1.29 is 24.2 Å². The Bertz CT molecular complexity index is 1430. The van der Waals surface area contributed by atoms with Crippen LogP contribution in [0.15, 0.2) is 48.7 Å². The molecule has 2 atom stereocenters. The van der Waals surface area contributed by atoms with Crippen LogP contribution in [0.25, 0.3) is 11.3 Å². The van der Waals surface area contributed by atoms with Crippen LogP contribution in [0.1, 0.15) is 46.8 Å². The smallest absolute Gasteiger partial charge is 0.254 e. The van der Waals surface area contributed by atoms with Crippen LogP contribution < -0.4 is 15.4 Å². The number of halogens is 1. The predicted molar refractivity (Wildman–Crippen MR) is 144 cm³/mol. The molecule has 10 nitrogen and oxygen atoms in total. The topological polar surface area (TPSA) is 134 Å². The maximum atomic E-state index is 13.2.